The number of aromatic nitrogens is 1. The van der Waals surface area contributed by atoms with Crippen LogP contribution in [-0.4, -0.2) is 11.3 Å². The number of furan rings is 2. The van der Waals surface area contributed by atoms with Gasteiger partial charge in [0.2, 0.25) is 0 Å². The zero-order valence-corrected chi connectivity index (χ0v) is 33.3. The van der Waals surface area contributed by atoms with Crippen molar-refractivity contribution in [1.29, 1.82) is 0 Å². The summed E-state index contributed by atoms with van der Waals surface area (Å²) in [4.78, 5) is 5.09. The van der Waals surface area contributed by atoms with E-state index in [1.807, 2.05) is 0 Å². The first-order valence-corrected chi connectivity index (χ1v) is 20.9. The Morgan fingerprint density at radius 1 is 0.467 bits per heavy atom. The Balaban J connectivity index is 1.17. The van der Waals surface area contributed by atoms with Gasteiger partial charge in [-0.1, -0.05) is 124 Å². The van der Waals surface area contributed by atoms with Crippen molar-refractivity contribution in [2.24, 2.45) is 0 Å². The molecule has 3 aromatic heterocycles. The minimum Gasteiger partial charge on any atom is -0.468 e. The Kier molecular flexibility index (Phi) is 6.06. The van der Waals surface area contributed by atoms with E-state index >= 15 is 0 Å². The van der Waals surface area contributed by atoms with Crippen molar-refractivity contribution in [3.05, 3.63) is 169 Å². The van der Waals surface area contributed by atoms with Crippen molar-refractivity contribution in [3.8, 4) is 16.8 Å². The fraction of sp³-hybridized carbons (Fsp3) is 0.0741. The summed E-state index contributed by atoms with van der Waals surface area (Å²) < 4.78 is 16.4. The largest absolute Gasteiger partial charge is 0.468 e. The predicted octanol–water partition coefficient (Wildman–Crippen LogP) is 12.8. The molecular weight excluding hydrogens is 733 g/mol. The molecule has 60 heavy (non-hydrogen) atoms. The summed E-state index contributed by atoms with van der Waals surface area (Å²) in [5.41, 5.74) is 20.0. The normalized spacial score (nSPS) is 13.8. The molecule has 0 radical (unpaired) electrons. The molecule has 0 spiro atoms. The maximum atomic E-state index is 7.34. The van der Waals surface area contributed by atoms with Gasteiger partial charge in [-0.05, 0) is 93.7 Å². The number of rotatable bonds is 2. The average Bonchev–Trinajstić information content (AvgIpc) is 3.96. The summed E-state index contributed by atoms with van der Waals surface area (Å²) in [5.74, 6) is 0. The summed E-state index contributed by atoms with van der Waals surface area (Å²) in [5, 5.41) is 5.79. The number of hydrogen-bond donors (Lipinski definition) is 0. The number of hydrogen-bond acceptors (Lipinski definition) is 4. The van der Waals surface area contributed by atoms with Gasteiger partial charge in [0.25, 0.3) is 6.71 Å². The molecule has 0 N–H and O–H groups in total. The molecule has 282 valence electrons. The third kappa shape index (κ3) is 4.03. The molecule has 0 bridgehead atoms. The maximum absolute atomic E-state index is 7.34. The number of anilines is 6. The Bertz CT molecular complexity index is 3680. The second-order valence-corrected chi connectivity index (χ2v) is 17.7. The van der Waals surface area contributed by atoms with E-state index in [0.29, 0.717) is 0 Å². The van der Waals surface area contributed by atoms with Gasteiger partial charge in [0.15, 0.2) is 0 Å². The Morgan fingerprint density at radius 3 is 1.98 bits per heavy atom. The summed E-state index contributed by atoms with van der Waals surface area (Å²) >= 11 is 0. The highest BCUT2D eigenvalue weighted by Gasteiger charge is 2.49. The average molecular weight is 770 g/mol. The molecule has 0 saturated heterocycles. The van der Waals surface area contributed by atoms with Crippen molar-refractivity contribution in [2.75, 3.05) is 9.80 Å². The van der Waals surface area contributed by atoms with Crippen LogP contribution >= 0.6 is 0 Å². The van der Waals surface area contributed by atoms with Gasteiger partial charge in [-0.15, -0.1) is 0 Å². The number of fused-ring (bicyclic) bond motifs is 14. The fourth-order valence-electron chi connectivity index (χ4n) is 10.8. The van der Waals surface area contributed by atoms with Crippen molar-refractivity contribution in [3.63, 3.8) is 0 Å². The van der Waals surface area contributed by atoms with Gasteiger partial charge in [-0.2, -0.15) is 0 Å². The first kappa shape index (κ1) is 32.5. The Hall–Kier alpha value is -7.44. The van der Waals surface area contributed by atoms with E-state index in [-0.39, 0.29) is 12.1 Å². The lowest BCUT2D eigenvalue weighted by molar-refractivity contribution is 0.590. The minimum absolute atomic E-state index is 0.156. The zero-order valence-electron chi connectivity index (χ0n) is 33.3. The molecule has 0 fully saturated rings. The second-order valence-electron chi connectivity index (χ2n) is 17.7. The van der Waals surface area contributed by atoms with Gasteiger partial charge < -0.3 is 23.2 Å². The van der Waals surface area contributed by atoms with Gasteiger partial charge in [0.1, 0.15) is 16.7 Å². The maximum Gasteiger partial charge on any atom is 0.297 e. The van der Waals surface area contributed by atoms with Crippen LogP contribution in [0.5, 0.6) is 0 Å². The summed E-state index contributed by atoms with van der Waals surface area (Å²) in [6, 6.07) is 59.8. The minimum atomic E-state index is -0.170. The van der Waals surface area contributed by atoms with Crippen LogP contribution in [0.25, 0.3) is 71.5 Å². The smallest absolute Gasteiger partial charge is 0.297 e. The van der Waals surface area contributed by atoms with Crippen molar-refractivity contribution in [1.82, 2.24) is 4.57 Å². The van der Waals surface area contributed by atoms with E-state index in [9.17, 15) is 0 Å². The van der Waals surface area contributed by atoms with Gasteiger partial charge >= 0.3 is 0 Å². The third-order valence-electron chi connectivity index (χ3n) is 13.4. The van der Waals surface area contributed by atoms with Crippen LogP contribution in [0.1, 0.15) is 26.3 Å². The molecule has 3 aliphatic heterocycles. The number of nitrogens with zero attached hydrogens (tertiary/aromatic N) is 3. The van der Waals surface area contributed by atoms with Gasteiger partial charge in [0, 0.05) is 32.9 Å². The summed E-state index contributed by atoms with van der Waals surface area (Å²) in [6.45, 7) is 6.83. The van der Waals surface area contributed by atoms with Crippen LogP contribution in [0.2, 0.25) is 0 Å². The monoisotopic (exact) mass is 769 g/mol. The Labute approximate surface area is 346 Å². The number of para-hydroxylation sites is 4. The lowest BCUT2D eigenvalue weighted by atomic mass is 9.35. The van der Waals surface area contributed by atoms with E-state index in [0.717, 1.165) is 61.2 Å². The molecule has 6 heteroatoms. The summed E-state index contributed by atoms with van der Waals surface area (Å²) in [7, 11) is 0. The van der Waals surface area contributed by atoms with Crippen LogP contribution in [0.15, 0.2) is 173 Å². The molecule has 0 unspecified atom stereocenters. The highest BCUT2D eigenvalue weighted by Crippen LogP contribution is 2.54. The SMILES string of the molecule is CC(C)(C)c1cc2c3c(c1)N1c4c(cccc4-n4c5ccccc5c5cccc1c54)B3c1oc3ccc(-c4ccccc4)cc3c1N2c1cccc2oc3ccccc3c12. The van der Waals surface area contributed by atoms with Gasteiger partial charge in [-0.3, -0.25) is 0 Å². The van der Waals surface area contributed by atoms with Crippen LogP contribution in [0.3, 0.4) is 0 Å². The van der Waals surface area contributed by atoms with E-state index in [4.69, 9.17) is 8.83 Å². The standard InChI is InChI=1S/C54H36BN3O2/c1-54(2,3)33-29-43-49-44(30-33)58-41-22-11-18-35-34-16-7-9-20-39(34)56(50(35)41)42-23-12-19-38(52(42)58)55(49)53-51(37-28-32(26-27-46(37)60-53)31-14-5-4-6-15-31)57(43)40-21-13-25-47-48(40)36-17-8-10-24-45(36)59-47/h4-30H,1-3H3. The van der Waals surface area contributed by atoms with E-state index in [2.05, 4.69) is 199 Å². The van der Waals surface area contributed by atoms with Crippen LogP contribution in [0, 0.1) is 0 Å². The third-order valence-corrected chi connectivity index (χ3v) is 13.4. The van der Waals surface area contributed by atoms with Crippen LogP contribution in [0.4, 0.5) is 34.1 Å². The summed E-state index contributed by atoms with van der Waals surface area (Å²) in [6.07, 6.45) is 0. The van der Waals surface area contributed by atoms with Gasteiger partial charge in [-0.25, -0.2) is 0 Å². The highest BCUT2D eigenvalue weighted by atomic mass is 16.3. The lowest BCUT2D eigenvalue weighted by Crippen LogP contribution is -2.61. The topological polar surface area (TPSA) is 37.7 Å². The quantitative estimate of drug-likeness (QED) is 0.164. The molecule has 6 heterocycles. The Morgan fingerprint density at radius 2 is 1.13 bits per heavy atom. The first-order chi connectivity index (χ1) is 29.4. The molecule has 14 rings (SSSR count). The van der Waals surface area contributed by atoms with E-state index in [1.165, 1.54) is 66.6 Å². The molecule has 0 saturated carbocycles. The van der Waals surface area contributed by atoms with Crippen molar-refractivity contribution >= 4 is 112 Å². The highest BCUT2D eigenvalue weighted by molar-refractivity contribution is 7.00. The zero-order chi connectivity index (χ0) is 39.6. The lowest BCUT2D eigenvalue weighted by Gasteiger charge is -2.45. The first-order valence-electron chi connectivity index (χ1n) is 20.9. The van der Waals surface area contributed by atoms with Crippen LogP contribution in [-0.2, 0) is 5.41 Å². The van der Waals surface area contributed by atoms with Crippen molar-refractivity contribution in [2.45, 2.75) is 26.2 Å². The van der Waals surface area contributed by atoms with Crippen molar-refractivity contribution < 1.29 is 8.83 Å². The fourth-order valence-corrected chi connectivity index (χ4v) is 10.8. The molecule has 11 aromatic rings. The molecule has 0 amide bonds. The predicted molar refractivity (Wildman–Crippen MR) is 250 cm³/mol. The molecular formula is C54H36BN3O2. The molecule has 0 aliphatic carbocycles. The van der Waals surface area contributed by atoms with Crippen LogP contribution < -0.4 is 26.4 Å². The number of benzene rings is 8. The van der Waals surface area contributed by atoms with E-state index < -0.39 is 0 Å². The second kappa shape index (κ2) is 11.2. The van der Waals surface area contributed by atoms with Gasteiger partial charge in [0.05, 0.1) is 50.5 Å². The molecule has 5 nitrogen and oxygen atoms in total. The molecule has 8 aromatic carbocycles. The molecule has 3 aliphatic rings. The van der Waals surface area contributed by atoms with E-state index in [1.54, 1.807) is 0 Å². The molecule has 0 atom stereocenters.